The number of nitrogens with zero attached hydrogens (tertiary/aromatic N) is 5. The van der Waals surface area contributed by atoms with Gasteiger partial charge in [0.1, 0.15) is 11.6 Å². The van der Waals surface area contributed by atoms with Crippen LogP contribution in [0.2, 0.25) is 0 Å². The number of hydrogen-bond acceptors (Lipinski definition) is 3. The summed E-state index contributed by atoms with van der Waals surface area (Å²) in [4.78, 5) is 18.5. The highest BCUT2D eigenvalue weighted by molar-refractivity contribution is 6.13. The van der Waals surface area contributed by atoms with E-state index in [1.54, 1.807) is 0 Å². The largest absolute Gasteiger partial charge is 0.354 e. The van der Waals surface area contributed by atoms with Crippen molar-refractivity contribution < 1.29 is 0 Å². The van der Waals surface area contributed by atoms with Crippen molar-refractivity contribution in [1.29, 1.82) is 0 Å². The molecule has 0 radical (unpaired) electrons. The van der Waals surface area contributed by atoms with Crippen molar-refractivity contribution >= 4 is 54.6 Å². The maximum atomic E-state index is 5.57. The Kier molecular flexibility index (Phi) is 7.43. The van der Waals surface area contributed by atoms with Crippen LogP contribution < -0.4 is 0 Å². The van der Waals surface area contributed by atoms with Gasteiger partial charge in [0.05, 0.1) is 27.6 Å². The van der Waals surface area contributed by atoms with Crippen LogP contribution in [0.3, 0.4) is 0 Å². The van der Waals surface area contributed by atoms with Crippen LogP contribution in [0.4, 0.5) is 0 Å². The van der Waals surface area contributed by atoms with E-state index in [1.807, 2.05) is 30.7 Å². The Bertz CT molecular complexity index is 3540. The number of fused-ring (bicyclic) bond motifs is 7. The van der Waals surface area contributed by atoms with Crippen LogP contribution in [0.25, 0.3) is 111 Å². The summed E-state index contributed by atoms with van der Waals surface area (Å²) in [6.45, 7) is 0. The lowest BCUT2D eigenvalue weighted by Crippen LogP contribution is -1.98. The number of hydrogen-bond donors (Lipinski definition) is 1. The third kappa shape index (κ3) is 5.31. The molecular weight excluding hydrogens is 721 g/mol. The first-order chi connectivity index (χ1) is 29.3. The third-order valence-corrected chi connectivity index (χ3v) is 11.7. The first-order valence-electron chi connectivity index (χ1n) is 19.8. The maximum absolute atomic E-state index is 5.57. The molecule has 0 spiro atoms. The summed E-state index contributed by atoms with van der Waals surface area (Å²) in [6.07, 6.45) is 5.56. The van der Waals surface area contributed by atoms with Crippen LogP contribution in [0, 0.1) is 0 Å². The van der Waals surface area contributed by atoms with Gasteiger partial charge < -0.3 is 4.98 Å². The molecule has 0 aliphatic heterocycles. The van der Waals surface area contributed by atoms with Gasteiger partial charge in [0.25, 0.3) is 0 Å². The normalized spacial score (nSPS) is 11.7. The molecule has 0 amide bonds. The van der Waals surface area contributed by atoms with Gasteiger partial charge in [-0.3, -0.25) is 14.1 Å². The van der Waals surface area contributed by atoms with Gasteiger partial charge in [-0.2, -0.15) is 0 Å². The zero-order valence-corrected chi connectivity index (χ0v) is 31.8. The maximum Gasteiger partial charge on any atom is 0.147 e. The zero-order valence-electron chi connectivity index (χ0n) is 31.8. The first kappa shape index (κ1) is 33.1. The lowest BCUT2D eigenvalue weighted by molar-refractivity contribution is 1.08. The summed E-state index contributed by atoms with van der Waals surface area (Å²) in [6, 6.07) is 64.6. The topological polar surface area (TPSA) is 64.3 Å². The second kappa shape index (κ2) is 13.3. The lowest BCUT2D eigenvalue weighted by Gasteiger charge is -2.11. The molecule has 12 aromatic rings. The summed E-state index contributed by atoms with van der Waals surface area (Å²) in [5.41, 5.74) is 15.1. The van der Waals surface area contributed by atoms with Crippen LogP contribution in [-0.4, -0.2) is 29.1 Å². The smallest absolute Gasteiger partial charge is 0.147 e. The van der Waals surface area contributed by atoms with Gasteiger partial charge in [-0.25, -0.2) is 9.97 Å². The summed E-state index contributed by atoms with van der Waals surface area (Å²) < 4.78 is 4.60. The van der Waals surface area contributed by atoms with Gasteiger partial charge in [-0.15, -0.1) is 0 Å². The number of aromatic amines is 1. The van der Waals surface area contributed by atoms with Gasteiger partial charge in [0.2, 0.25) is 0 Å². The highest BCUT2D eigenvalue weighted by Crippen LogP contribution is 2.41. The van der Waals surface area contributed by atoms with Crippen molar-refractivity contribution in [3.8, 4) is 56.3 Å². The van der Waals surface area contributed by atoms with Crippen LogP contribution in [0.5, 0.6) is 0 Å². The number of rotatable bonds is 6. The first-order valence-corrected chi connectivity index (χ1v) is 19.8. The molecule has 0 saturated heterocycles. The van der Waals surface area contributed by atoms with E-state index in [-0.39, 0.29) is 0 Å². The Hall–Kier alpha value is -8.09. The lowest BCUT2D eigenvalue weighted by atomic mass is 10.0. The molecule has 1 N–H and O–H groups in total. The van der Waals surface area contributed by atoms with E-state index >= 15 is 0 Å². The fourth-order valence-electron chi connectivity index (χ4n) is 8.92. The number of aromatic nitrogens is 6. The highest BCUT2D eigenvalue weighted by atomic mass is 15.1. The molecule has 0 unspecified atom stereocenters. The number of H-pyrrole nitrogens is 1. The Morgan fingerprint density at radius 2 is 1.12 bits per heavy atom. The van der Waals surface area contributed by atoms with Crippen molar-refractivity contribution in [2.45, 2.75) is 0 Å². The van der Waals surface area contributed by atoms with Gasteiger partial charge in [0, 0.05) is 62.5 Å². The van der Waals surface area contributed by atoms with Gasteiger partial charge in [-0.05, 0) is 101 Å². The third-order valence-electron chi connectivity index (χ3n) is 11.7. The average molecular weight is 755 g/mol. The minimum Gasteiger partial charge on any atom is -0.354 e. The number of pyridine rings is 2. The molecule has 0 atom stereocenters. The molecular formula is C53H34N6. The Balaban J connectivity index is 1.11. The van der Waals surface area contributed by atoms with Gasteiger partial charge >= 0.3 is 0 Å². The molecule has 0 fully saturated rings. The van der Waals surface area contributed by atoms with E-state index in [9.17, 15) is 0 Å². The Morgan fingerprint density at radius 3 is 2.00 bits per heavy atom. The zero-order chi connectivity index (χ0) is 38.9. The molecule has 5 aromatic heterocycles. The fraction of sp³-hybridized carbons (Fsp3) is 0. The van der Waals surface area contributed by atoms with E-state index in [2.05, 4.69) is 189 Å². The van der Waals surface area contributed by atoms with Gasteiger partial charge in [-0.1, -0.05) is 109 Å². The highest BCUT2D eigenvalue weighted by Gasteiger charge is 2.22. The second-order valence-electron chi connectivity index (χ2n) is 15.0. The van der Waals surface area contributed by atoms with Crippen molar-refractivity contribution in [3.63, 3.8) is 0 Å². The molecule has 12 rings (SSSR count). The molecule has 5 heterocycles. The predicted octanol–water partition coefficient (Wildman–Crippen LogP) is 13.2. The van der Waals surface area contributed by atoms with Crippen molar-refractivity contribution in [2.24, 2.45) is 0 Å². The standard InChI is InChI=1S/C53H34N6/c1-3-11-34(12-4-1)36-22-24-47-45(31-36)42-23-21-38(32-49(42)59(47)50-33-37(27-30-55-50)35-25-28-54-29-26-35)40-16-10-20-48-52(40)57-53(58(48)39-13-5-2-6-14-39)44-18-9-17-43-41-15-7-8-19-46(41)56-51(43)44/h1-33,56H. The molecule has 6 nitrogen and oxygen atoms in total. The van der Waals surface area contributed by atoms with Crippen molar-refractivity contribution in [1.82, 2.24) is 29.1 Å². The second-order valence-corrected chi connectivity index (χ2v) is 15.0. The van der Waals surface area contributed by atoms with E-state index < -0.39 is 0 Å². The molecule has 59 heavy (non-hydrogen) atoms. The average Bonchev–Trinajstić information content (AvgIpc) is 3.99. The van der Waals surface area contributed by atoms with Crippen LogP contribution in [-0.2, 0) is 0 Å². The molecule has 276 valence electrons. The van der Waals surface area contributed by atoms with E-state index in [1.165, 1.54) is 27.3 Å². The number of nitrogens with one attached hydrogen (secondary N) is 1. The summed E-state index contributed by atoms with van der Waals surface area (Å²) in [5.74, 6) is 1.74. The molecule has 7 aromatic carbocycles. The molecule has 0 aliphatic rings. The molecule has 0 bridgehead atoms. The monoisotopic (exact) mass is 754 g/mol. The van der Waals surface area contributed by atoms with Crippen molar-refractivity contribution in [2.75, 3.05) is 0 Å². The fourth-order valence-corrected chi connectivity index (χ4v) is 8.92. The molecule has 0 aliphatic carbocycles. The summed E-state index contributed by atoms with van der Waals surface area (Å²) in [7, 11) is 0. The minimum absolute atomic E-state index is 0.851. The SMILES string of the molecule is c1ccc(-c2ccc3c(c2)c2ccc(-c4cccc5c4nc(-c4cccc6c4[nH]c4ccccc46)n5-c4ccccc4)cc2n3-c2cc(-c3ccncc3)ccn2)cc1. The van der Waals surface area contributed by atoms with Crippen molar-refractivity contribution in [3.05, 3.63) is 201 Å². The Labute approximate surface area is 339 Å². The van der Waals surface area contributed by atoms with Crippen LogP contribution in [0.15, 0.2) is 201 Å². The van der Waals surface area contributed by atoms with Gasteiger partial charge in [0.15, 0.2) is 0 Å². The predicted molar refractivity (Wildman–Crippen MR) is 242 cm³/mol. The molecule has 0 saturated carbocycles. The minimum atomic E-state index is 0.851. The van der Waals surface area contributed by atoms with E-state index in [0.717, 1.165) is 83.6 Å². The summed E-state index contributed by atoms with van der Waals surface area (Å²) in [5, 5.41) is 4.71. The van der Waals surface area contributed by atoms with Crippen LogP contribution >= 0.6 is 0 Å². The number of para-hydroxylation sites is 4. The van der Waals surface area contributed by atoms with E-state index in [4.69, 9.17) is 9.97 Å². The number of imidazole rings is 1. The van der Waals surface area contributed by atoms with Crippen LogP contribution in [0.1, 0.15) is 0 Å². The quantitative estimate of drug-likeness (QED) is 0.184. The Morgan fingerprint density at radius 1 is 0.407 bits per heavy atom. The number of benzene rings is 7. The summed E-state index contributed by atoms with van der Waals surface area (Å²) >= 11 is 0. The van der Waals surface area contributed by atoms with E-state index in [0.29, 0.717) is 0 Å². The molecule has 6 heteroatoms.